The molecule has 0 saturated carbocycles. The third kappa shape index (κ3) is 3.75. The van der Waals surface area contributed by atoms with Gasteiger partial charge in [-0.2, -0.15) is 5.10 Å². The lowest BCUT2D eigenvalue weighted by Crippen LogP contribution is -2.48. The minimum atomic E-state index is -0.000701. The Balaban J connectivity index is 1.53. The molecule has 28 heavy (non-hydrogen) atoms. The number of rotatable bonds is 4. The molecule has 1 aromatic carbocycles. The van der Waals surface area contributed by atoms with Gasteiger partial charge in [-0.05, 0) is 19.9 Å². The van der Waals surface area contributed by atoms with Crippen LogP contribution in [0.5, 0.6) is 0 Å². The molecular formula is C21H27N5O2. The predicted molar refractivity (Wildman–Crippen MR) is 109 cm³/mol. The van der Waals surface area contributed by atoms with Gasteiger partial charge in [0.1, 0.15) is 24.0 Å². The fourth-order valence-electron chi connectivity index (χ4n) is 3.60. The molecule has 0 amide bonds. The molecule has 3 aromatic rings. The van der Waals surface area contributed by atoms with Crippen LogP contribution in [0, 0.1) is 6.92 Å². The van der Waals surface area contributed by atoms with Crippen LogP contribution in [0.3, 0.4) is 0 Å². The van der Waals surface area contributed by atoms with Gasteiger partial charge in [-0.25, -0.2) is 4.99 Å². The van der Waals surface area contributed by atoms with Gasteiger partial charge in [0.15, 0.2) is 5.96 Å². The molecule has 1 N–H and O–H groups in total. The number of furan rings is 1. The fraction of sp³-hybridized carbons (Fsp3) is 0.429. The second kappa shape index (κ2) is 8.06. The summed E-state index contributed by atoms with van der Waals surface area (Å²) in [7, 11) is 1.92. The van der Waals surface area contributed by atoms with Gasteiger partial charge in [-0.15, -0.1) is 0 Å². The summed E-state index contributed by atoms with van der Waals surface area (Å²) in [5.74, 6) is 1.80. The molecule has 0 spiro atoms. The summed E-state index contributed by atoms with van der Waals surface area (Å²) < 4.78 is 13.8. The van der Waals surface area contributed by atoms with Crippen LogP contribution in [0.2, 0.25) is 0 Å². The predicted octanol–water partition coefficient (Wildman–Crippen LogP) is 3.01. The molecule has 1 aliphatic heterocycles. The zero-order chi connectivity index (χ0) is 19.5. The summed E-state index contributed by atoms with van der Waals surface area (Å²) in [6.45, 7) is 7.72. The Bertz CT molecular complexity index is 974. The number of morpholine rings is 1. The maximum Gasteiger partial charge on any atom is 0.194 e. The molecule has 148 valence electrons. The van der Waals surface area contributed by atoms with Crippen molar-refractivity contribution < 1.29 is 9.15 Å². The SMILES string of the molecule is CCNC(=NCc1oc2ccccc2c1C)N1CCOC(c2cnn(C)c2)C1. The zero-order valence-corrected chi connectivity index (χ0v) is 16.7. The van der Waals surface area contributed by atoms with Crippen LogP contribution in [-0.2, 0) is 18.3 Å². The Morgan fingerprint density at radius 1 is 1.36 bits per heavy atom. The maximum absolute atomic E-state index is 6.02. The molecule has 1 saturated heterocycles. The lowest BCUT2D eigenvalue weighted by Gasteiger charge is -2.34. The topological polar surface area (TPSA) is 67.8 Å². The molecule has 1 unspecified atom stereocenters. The number of guanidine groups is 1. The number of aryl methyl sites for hydroxylation is 2. The lowest BCUT2D eigenvalue weighted by atomic mass is 10.1. The van der Waals surface area contributed by atoms with Crippen LogP contribution >= 0.6 is 0 Å². The van der Waals surface area contributed by atoms with Crippen molar-refractivity contribution in [2.75, 3.05) is 26.2 Å². The van der Waals surface area contributed by atoms with E-state index in [0.717, 1.165) is 53.5 Å². The van der Waals surface area contributed by atoms with E-state index in [0.29, 0.717) is 13.2 Å². The van der Waals surface area contributed by atoms with E-state index in [-0.39, 0.29) is 6.10 Å². The first-order chi connectivity index (χ1) is 13.7. The standard InChI is InChI=1S/C21H27N5O2/c1-4-22-21(23-12-19-15(2)17-7-5-6-8-18(17)28-19)26-9-10-27-20(14-26)16-11-24-25(3)13-16/h5-8,11,13,20H,4,9-10,12,14H2,1-3H3,(H,22,23). The molecule has 0 radical (unpaired) electrons. The van der Waals surface area contributed by atoms with E-state index in [2.05, 4.69) is 35.2 Å². The first kappa shape index (κ1) is 18.6. The summed E-state index contributed by atoms with van der Waals surface area (Å²) in [5.41, 5.74) is 3.17. The van der Waals surface area contributed by atoms with E-state index in [9.17, 15) is 0 Å². The van der Waals surface area contributed by atoms with Crippen molar-refractivity contribution in [3.8, 4) is 0 Å². The number of aromatic nitrogens is 2. The highest BCUT2D eigenvalue weighted by atomic mass is 16.5. The lowest BCUT2D eigenvalue weighted by molar-refractivity contribution is -0.00806. The van der Waals surface area contributed by atoms with Crippen LogP contribution in [0.25, 0.3) is 11.0 Å². The molecule has 1 atom stereocenters. The highest BCUT2D eigenvalue weighted by Crippen LogP contribution is 2.26. The van der Waals surface area contributed by atoms with E-state index in [4.69, 9.17) is 14.1 Å². The second-order valence-electron chi connectivity index (χ2n) is 7.07. The molecule has 4 rings (SSSR count). The van der Waals surface area contributed by atoms with E-state index < -0.39 is 0 Å². The van der Waals surface area contributed by atoms with Crippen molar-refractivity contribution >= 4 is 16.9 Å². The molecule has 0 aliphatic carbocycles. The van der Waals surface area contributed by atoms with E-state index in [1.54, 1.807) is 4.68 Å². The normalized spacial score (nSPS) is 18.0. The minimum Gasteiger partial charge on any atom is -0.459 e. The van der Waals surface area contributed by atoms with Crippen molar-refractivity contribution in [3.63, 3.8) is 0 Å². The number of ether oxygens (including phenoxy) is 1. The molecule has 3 heterocycles. The Morgan fingerprint density at radius 2 is 2.21 bits per heavy atom. The minimum absolute atomic E-state index is 0.000701. The van der Waals surface area contributed by atoms with Crippen LogP contribution < -0.4 is 5.32 Å². The van der Waals surface area contributed by atoms with Gasteiger partial charge in [-0.3, -0.25) is 4.68 Å². The summed E-state index contributed by atoms with van der Waals surface area (Å²) >= 11 is 0. The number of fused-ring (bicyclic) bond motifs is 1. The Labute approximate surface area is 165 Å². The number of hydrogen-bond donors (Lipinski definition) is 1. The maximum atomic E-state index is 6.02. The van der Waals surface area contributed by atoms with Gasteiger partial charge in [0, 0.05) is 42.8 Å². The molecular weight excluding hydrogens is 354 g/mol. The summed E-state index contributed by atoms with van der Waals surface area (Å²) in [5, 5.41) is 8.83. The molecule has 7 nitrogen and oxygen atoms in total. The molecule has 2 aromatic heterocycles. The van der Waals surface area contributed by atoms with Crippen molar-refractivity contribution in [3.05, 3.63) is 53.5 Å². The number of hydrogen-bond acceptors (Lipinski definition) is 4. The second-order valence-corrected chi connectivity index (χ2v) is 7.07. The zero-order valence-electron chi connectivity index (χ0n) is 16.7. The number of aliphatic imine (C=N–C) groups is 1. The third-order valence-electron chi connectivity index (χ3n) is 5.11. The van der Waals surface area contributed by atoms with Crippen molar-refractivity contribution in [1.82, 2.24) is 20.0 Å². The van der Waals surface area contributed by atoms with Gasteiger partial charge < -0.3 is 19.4 Å². The van der Waals surface area contributed by atoms with Gasteiger partial charge in [0.2, 0.25) is 0 Å². The van der Waals surface area contributed by atoms with Crippen LogP contribution in [0.15, 0.2) is 46.1 Å². The Kier molecular flexibility index (Phi) is 5.34. The van der Waals surface area contributed by atoms with E-state index in [1.807, 2.05) is 37.6 Å². The Morgan fingerprint density at radius 3 is 2.96 bits per heavy atom. The largest absolute Gasteiger partial charge is 0.459 e. The average Bonchev–Trinajstić information content (AvgIpc) is 3.29. The summed E-state index contributed by atoms with van der Waals surface area (Å²) in [4.78, 5) is 7.11. The van der Waals surface area contributed by atoms with Crippen molar-refractivity contribution in [2.24, 2.45) is 12.0 Å². The number of nitrogens with zero attached hydrogens (tertiary/aromatic N) is 4. The number of benzene rings is 1. The van der Waals surface area contributed by atoms with Gasteiger partial charge in [-0.1, -0.05) is 18.2 Å². The number of nitrogens with one attached hydrogen (secondary N) is 1. The quantitative estimate of drug-likeness (QED) is 0.556. The first-order valence-electron chi connectivity index (χ1n) is 9.76. The smallest absolute Gasteiger partial charge is 0.194 e. The third-order valence-corrected chi connectivity index (χ3v) is 5.11. The van der Waals surface area contributed by atoms with Crippen molar-refractivity contribution in [2.45, 2.75) is 26.5 Å². The molecule has 1 aliphatic rings. The average molecular weight is 381 g/mol. The highest BCUT2D eigenvalue weighted by molar-refractivity contribution is 5.82. The highest BCUT2D eigenvalue weighted by Gasteiger charge is 2.25. The van der Waals surface area contributed by atoms with Crippen LogP contribution in [-0.4, -0.2) is 46.9 Å². The number of para-hydroxylation sites is 1. The molecule has 0 bridgehead atoms. The van der Waals surface area contributed by atoms with E-state index >= 15 is 0 Å². The summed E-state index contributed by atoms with van der Waals surface area (Å²) in [6.07, 6.45) is 3.88. The monoisotopic (exact) mass is 381 g/mol. The van der Waals surface area contributed by atoms with E-state index in [1.165, 1.54) is 0 Å². The van der Waals surface area contributed by atoms with Gasteiger partial charge >= 0.3 is 0 Å². The van der Waals surface area contributed by atoms with Crippen LogP contribution in [0.4, 0.5) is 0 Å². The Hall–Kier alpha value is -2.80. The first-order valence-corrected chi connectivity index (χ1v) is 9.76. The fourth-order valence-corrected chi connectivity index (χ4v) is 3.60. The van der Waals surface area contributed by atoms with Crippen molar-refractivity contribution in [1.29, 1.82) is 0 Å². The summed E-state index contributed by atoms with van der Waals surface area (Å²) in [6, 6.07) is 8.12. The van der Waals surface area contributed by atoms with Crippen LogP contribution in [0.1, 0.15) is 29.9 Å². The van der Waals surface area contributed by atoms with Gasteiger partial charge in [0.25, 0.3) is 0 Å². The molecule has 7 heteroatoms. The molecule has 1 fully saturated rings. The van der Waals surface area contributed by atoms with Gasteiger partial charge in [0.05, 0.1) is 19.3 Å².